The van der Waals surface area contributed by atoms with E-state index in [0.717, 1.165) is 42.5 Å². The lowest BCUT2D eigenvalue weighted by molar-refractivity contribution is -0.119. The number of rotatable bonds is 5. The minimum Gasteiger partial charge on any atom is -0.465 e. The zero-order valence-electron chi connectivity index (χ0n) is 15.2. The lowest BCUT2D eigenvalue weighted by atomic mass is 10.1. The number of methoxy groups -OCH3 is 1. The van der Waals surface area contributed by atoms with Crippen LogP contribution in [-0.4, -0.2) is 36.5 Å². The van der Waals surface area contributed by atoms with E-state index < -0.39 is 24.5 Å². The summed E-state index contributed by atoms with van der Waals surface area (Å²) in [7, 11) is 1.32. The van der Waals surface area contributed by atoms with Gasteiger partial charge >= 0.3 is 11.9 Å². The first-order chi connectivity index (χ1) is 13.5. The number of thiophene rings is 1. The SMILES string of the molecule is COC(=O)c1c(NC(=O)COC(=O)c2cncc(Br)c2)sc2c1CCCCC2. The molecule has 0 bridgehead atoms. The number of aromatic nitrogens is 1. The van der Waals surface area contributed by atoms with E-state index in [2.05, 4.69) is 26.2 Å². The van der Waals surface area contributed by atoms with Crippen LogP contribution in [0.5, 0.6) is 0 Å². The van der Waals surface area contributed by atoms with Crippen LogP contribution in [0.15, 0.2) is 22.9 Å². The number of fused-ring (bicyclic) bond motifs is 1. The van der Waals surface area contributed by atoms with Gasteiger partial charge in [0.25, 0.3) is 5.91 Å². The molecule has 2 aromatic rings. The molecule has 1 amide bonds. The highest BCUT2D eigenvalue weighted by Gasteiger charge is 2.26. The molecule has 0 unspecified atom stereocenters. The van der Waals surface area contributed by atoms with Crippen molar-refractivity contribution in [2.75, 3.05) is 19.0 Å². The summed E-state index contributed by atoms with van der Waals surface area (Å²) in [5.41, 5.74) is 1.61. The number of aryl methyl sites for hydroxylation is 1. The first kappa shape index (κ1) is 20.5. The number of ether oxygens (including phenoxy) is 2. The lowest BCUT2D eigenvalue weighted by Crippen LogP contribution is -2.21. The topological polar surface area (TPSA) is 94.6 Å². The number of pyridine rings is 1. The van der Waals surface area contributed by atoms with E-state index >= 15 is 0 Å². The van der Waals surface area contributed by atoms with E-state index in [1.54, 1.807) is 12.3 Å². The largest absolute Gasteiger partial charge is 0.465 e. The number of amides is 1. The zero-order valence-corrected chi connectivity index (χ0v) is 17.7. The highest BCUT2D eigenvalue weighted by Crippen LogP contribution is 2.37. The highest BCUT2D eigenvalue weighted by atomic mass is 79.9. The Morgan fingerprint density at radius 2 is 1.96 bits per heavy atom. The highest BCUT2D eigenvalue weighted by molar-refractivity contribution is 9.10. The van der Waals surface area contributed by atoms with E-state index in [0.29, 0.717) is 15.0 Å². The number of nitrogens with zero attached hydrogens (tertiary/aromatic N) is 1. The molecule has 3 rings (SSSR count). The van der Waals surface area contributed by atoms with Crippen LogP contribution in [0.3, 0.4) is 0 Å². The average molecular weight is 467 g/mol. The van der Waals surface area contributed by atoms with Gasteiger partial charge in [0.1, 0.15) is 5.00 Å². The number of carbonyl (C=O) groups is 3. The summed E-state index contributed by atoms with van der Waals surface area (Å²) in [6.07, 6.45) is 7.74. The normalized spacial score (nSPS) is 13.2. The Bertz CT molecular complexity index is 912. The maximum Gasteiger partial charge on any atom is 0.341 e. The predicted octanol–water partition coefficient (Wildman–Crippen LogP) is 3.76. The van der Waals surface area contributed by atoms with Gasteiger partial charge in [0, 0.05) is 21.7 Å². The Kier molecular flexibility index (Phi) is 6.79. The second kappa shape index (κ2) is 9.29. The van der Waals surface area contributed by atoms with E-state index in [-0.39, 0.29) is 5.56 Å². The summed E-state index contributed by atoms with van der Waals surface area (Å²) in [4.78, 5) is 41.6. The minimum absolute atomic E-state index is 0.236. The molecule has 2 heterocycles. The number of halogens is 1. The van der Waals surface area contributed by atoms with Gasteiger partial charge in [-0.25, -0.2) is 9.59 Å². The predicted molar refractivity (Wildman–Crippen MR) is 108 cm³/mol. The van der Waals surface area contributed by atoms with Gasteiger partial charge in [0.05, 0.1) is 18.2 Å². The number of hydrogen-bond donors (Lipinski definition) is 1. The van der Waals surface area contributed by atoms with Crippen molar-refractivity contribution in [1.29, 1.82) is 0 Å². The number of anilines is 1. The van der Waals surface area contributed by atoms with Gasteiger partial charge in [-0.15, -0.1) is 11.3 Å². The maximum atomic E-state index is 12.3. The number of esters is 2. The monoisotopic (exact) mass is 466 g/mol. The molecule has 0 atom stereocenters. The van der Waals surface area contributed by atoms with E-state index in [4.69, 9.17) is 9.47 Å². The molecule has 9 heteroatoms. The fraction of sp³-hybridized carbons (Fsp3) is 0.368. The van der Waals surface area contributed by atoms with Crippen LogP contribution >= 0.6 is 27.3 Å². The molecule has 2 aromatic heterocycles. The number of carbonyl (C=O) groups excluding carboxylic acids is 3. The molecule has 0 saturated heterocycles. The summed E-state index contributed by atoms with van der Waals surface area (Å²) in [6.45, 7) is -0.464. The van der Waals surface area contributed by atoms with Gasteiger partial charge in [-0.05, 0) is 53.2 Å². The number of hydrogen-bond acceptors (Lipinski definition) is 7. The lowest BCUT2D eigenvalue weighted by Gasteiger charge is -2.08. The van der Waals surface area contributed by atoms with Gasteiger partial charge in [0.15, 0.2) is 6.61 Å². The van der Waals surface area contributed by atoms with E-state index in [9.17, 15) is 14.4 Å². The molecule has 1 aliphatic carbocycles. The van der Waals surface area contributed by atoms with Crippen LogP contribution in [0, 0.1) is 0 Å². The van der Waals surface area contributed by atoms with Crippen LogP contribution < -0.4 is 5.32 Å². The van der Waals surface area contributed by atoms with Gasteiger partial charge in [-0.3, -0.25) is 9.78 Å². The molecular formula is C19H19BrN2O5S. The van der Waals surface area contributed by atoms with Crippen molar-refractivity contribution in [2.45, 2.75) is 32.1 Å². The summed E-state index contributed by atoms with van der Waals surface area (Å²) < 4.78 is 10.6. The second-order valence-corrected chi connectivity index (χ2v) is 8.30. The molecule has 7 nitrogen and oxygen atoms in total. The number of nitrogens with one attached hydrogen (secondary N) is 1. The Labute approximate surface area is 174 Å². The Hall–Kier alpha value is -2.26. The van der Waals surface area contributed by atoms with Crippen molar-refractivity contribution >= 4 is 50.1 Å². The molecule has 1 N–H and O–H groups in total. The van der Waals surface area contributed by atoms with Crippen LogP contribution in [0.2, 0.25) is 0 Å². The Morgan fingerprint density at radius 1 is 1.18 bits per heavy atom. The second-order valence-electron chi connectivity index (χ2n) is 6.28. The first-order valence-corrected chi connectivity index (χ1v) is 10.4. The fourth-order valence-electron chi connectivity index (χ4n) is 3.05. The Morgan fingerprint density at radius 3 is 2.71 bits per heavy atom. The van der Waals surface area contributed by atoms with E-state index in [1.165, 1.54) is 24.6 Å². The third-order valence-corrected chi connectivity index (χ3v) is 5.98. The molecule has 0 spiro atoms. The summed E-state index contributed by atoms with van der Waals surface area (Å²) in [6, 6.07) is 1.55. The van der Waals surface area contributed by atoms with Crippen molar-refractivity contribution < 1.29 is 23.9 Å². The van der Waals surface area contributed by atoms with Gasteiger partial charge in [-0.2, -0.15) is 0 Å². The smallest absolute Gasteiger partial charge is 0.341 e. The molecule has 28 heavy (non-hydrogen) atoms. The van der Waals surface area contributed by atoms with Crippen molar-refractivity contribution in [3.8, 4) is 0 Å². The molecule has 0 aromatic carbocycles. The minimum atomic E-state index is -0.654. The average Bonchev–Trinajstić information content (AvgIpc) is 2.85. The van der Waals surface area contributed by atoms with E-state index in [1.807, 2.05) is 0 Å². The van der Waals surface area contributed by atoms with Crippen LogP contribution in [-0.2, 0) is 27.1 Å². The molecule has 0 fully saturated rings. The van der Waals surface area contributed by atoms with Crippen molar-refractivity contribution in [3.05, 3.63) is 44.5 Å². The summed E-state index contributed by atoms with van der Waals surface area (Å²) in [5.74, 6) is -1.64. The van der Waals surface area contributed by atoms with Gasteiger partial charge in [0.2, 0.25) is 0 Å². The van der Waals surface area contributed by atoms with Crippen LogP contribution in [0.1, 0.15) is 50.4 Å². The van der Waals surface area contributed by atoms with Gasteiger partial charge < -0.3 is 14.8 Å². The molecule has 0 saturated carbocycles. The quantitative estimate of drug-likeness (QED) is 0.532. The standard InChI is InChI=1S/C19H19BrN2O5S/c1-26-19(25)16-13-5-3-2-4-6-14(13)28-17(16)22-15(23)10-27-18(24)11-7-12(20)9-21-8-11/h7-9H,2-6,10H2,1H3,(H,22,23). The van der Waals surface area contributed by atoms with Crippen molar-refractivity contribution in [2.24, 2.45) is 0 Å². The molecular weight excluding hydrogens is 448 g/mol. The summed E-state index contributed by atoms with van der Waals surface area (Å²) >= 11 is 4.61. The third kappa shape index (κ3) is 4.77. The van der Waals surface area contributed by atoms with Crippen LogP contribution in [0.25, 0.3) is 0 Å². The molecule has 0 radical (unpaired) electrons. The molecule has 148 valence electrons. The Balaban J connectivity index is 1.70. The zero-order chi connectivity index (χ0) is 20.1. The maximum absolute atomic E-state index is 12.3. The molecule has 1 aliphatic rings. The first-order valence-electron chi connectivity index (χ1n) is 8.80. The van der Waals surface area contributed by atoms with Crippen LogP contribution in [0.4, 0.5) is 5.00 Å². The summed E-state index contributed by atoms with van der Waals surface area (Å²) in [5, 5.41) is 3.15. The fourth-order valence-corrected chi connectivity index (χ4v) is 4.71. The molecule has 0 aliphatic heterocycles. The van der Waals surface area contributed by atoms with Gasteiger partial charge in [-0.1, -0.05) is 6.42 Å². The van der Waals surface area contributed by atoms with Crippen molar-refractivity contribution in [1.82, 2.24) is 4.98 Å². The third-order valence-electron chi connectivity index (χ3n) is 4.34. The van der Waals surface area contributed by atoms with Crippen molar-refractivity contribution in [3.63, 3.8) is 0 Å².